The summed E-state index contributed by atoms with van der Waals surface area (Å²) >= 11 is 0. The van der Waals surface area contributed by atoms with E-state index in [9.17, 15) is 9.18 Å². The van der Waals surface area contributed by atoms with Crippen LogP contribution < -0.4 is 10.1 Å². The summed E-state index contributed by atoms with van der Waals surface area (Å²) < 4.78 is 18.5. The Morgan fingerprint density at radius 2 is 2.22 bits per heavy atom. The number of ether oxygens (including phenoxy) is 1. The number of nitrogens with one attached hydrogen (secondary N) is 1. The molecule has 0 aliphatic carbocycles. The van der Waals surface area contributed by atoms with Gasteiger partial charge in [-0.05, 0) is 31.9 Å². The van der Waals surface area contributed by atoms with Gasteiger partial charge in [-0.1, -0.05) is 19.4 Å². The van der Waals surface area contributed by atoms with Crippen molar-refractivity contribution in [3.63, 3.8) is 0 Å². The van der Waals surface area contributed by atoms with Crippen LogP contribution >= 0.6 is 0 Å². The number of carbonyl (C=O) groups is 1. The summed E-state index contributed by atoms with van der Waals surface area (Å²) in [6.45, 7) is 6.18. The Morgan fingerprint density at radius 1 is 1.50 bits per heavy atom. The highest BCUT2D eigenvalue weighted by atomic mass is 19.1. The molecule has 1 aromatic carbocycles. The van der Waals surface area contributed by atoms with Crippen LogP contribution in [-0.4, -0.2) is 18.6 Å². The third-order valence-corrected chi connectivity index (χ3v) is 2.65. The molecule has 1 atom stereocenters. The maximum absolute atomic E-state index is 13.1. The third-order valence-electron chi connectivity index (χ3n) is 2.65. The number of unbranched alkanes of at least 4 members (excludes halogenated alkanes) is 1. The summed E-state index contributed by atoms with van der Waals surface area (Å²) in [6, 6.07) is 4.30. The van der Waals surface area contributed by atoms with Gasteiger partial charge in [0.25, 0.3) is 5.91 Å². The molecule has 4 heteroatoms. The monoisotopic (exact) mass is 253 g/mol. The predicted octanol–water partition coefficient (Wildman–Crippen LogP) is 2.82. The Kier molecular flexibility index (Phi) is 5.62. The lowest BCUT2D eigenvalue weighted by Crippen LogP contribution is -2.36. The first-order chi connectivity index (χ1) is 8.54. The van der Waals surface area contributed by atoms with E-state index in [0.29, 0.717) is 12.3 Å². The average Bonchev–Trinajstić information content (AvgIpc) is 2.34. The van der Waals surface area contributed by atoms with Gasteiger partial charge in [0.15, 0.2) is 6.10 Å². The van der Waals surface area contributed by atoms with Crippen molar-refractivity contribution in [2.75, 3.05) is 6.54 Å². The second-order valence-electron chi connectivity index (χ2n) is 4.31. The zero-order chi connectivity index (χ0) is 13.5. The predicted molar refractivity (Wildman–Crippen MR) is 69.1 cm³/mol. The molecular formula is C14H20FNO2. The number of carbonyl (C=O) groups excluding carboxylic acids is 1. The molecule has 0 aromatic heterocycles. The van der Waals surface area contributed by atoms with Gasteiger partial charge < -0.3 is 10.1 Å². The highest BCUT2D eigenvalue weighted by Crippen LogP contribution is 2.20. The summed E-state index contributed by atoms with van der Waals surface area (Å²) in [5.74, 6) is -0.130. The van der Waals surface area contributed by atoms with Gasteiger partial charge in [-0.15, -0.1) is 0 Å². The van der Waals surface area contributed by atoms with E-state index in [0.717, 1.165) is 18.4 Å². The summed E-state index contributed by atoms with van der Waals surface area (Å²) in [6.07, 6.45) is 1.35. The fraction of sp³-hybridized carbons (Fsp3) is 0.500. The molecule has 0 aliphatic rings. The summed E-state index contributed by atoms with van der Waals surface area (Å²) in [5.41, 5.74) is 0.810. The largest absolute Gasteiger partial charge is 0.481 e. The number of hydrogen-bond acceptors (Lipinski definition) is 2. The fourth-order valence-electron chi connectivity index (χ4n) is 1.48. The van der Waals surface area contributed by atoms with Gasteiger partial charge in [0, 0.05) is 12.6 Å². The molecule has 18 heavy (non-hydrogen) atoms. The highest BCUT2D eigenvalue weighted by molar-refractivity contribution is 5.80. The Morgan fingerprint density at radius 3 is 2.89 bits per heavy atom. The second-order valence-corrected chi connectivity index (χ2v) is 4.31. The number of rotatable bonds is 6. The average molecular weight is 253 g/mol. The maximum atomic E-state index is 13.1. The fourth-order valence-corrected chi connectivity index (χ4v) is 1.48. The molecule has 1 N–H and O–H groups in total. The van der Waals surface area contributed by atoms with E-state index in [1.165, 1.54) is 12.1 Å². The van der Waals surface area contributed by atoms with Crippen LogP contribution in [0.5, 0.6) is 5.75 Å². The van der Waals surface area contributed by atoms with Crippen LogP contribution in [0.3, 0.4) is 0 Å². The van der Waals surface area contributed by atoms with Crippen LogP contribution in [0.1, 0.15) is 32.3 Å². The van der Waals surface area contributed by atoms with Crippen molar-refractivity contribution in [1.29, 1.82) is 0 Å². The van der Waals surface area contributed by atoms with Gasteiger partial charge in [0.1, 0.15) is 11.6 Å². The standard InChI is InChI=1S/C14H20FNO2/c1-4-5-8-16-14(17)11(3)18-13-9-12(15)7-6-10(13)2/h6-7,9,11H,4-5,8H2,1-3H3,(H,16,17). The molecule has 0 heterocycles. The van der Waals surface area contributed by atoms with Crippen molar-refractivity contribution in [1.82, 2.24) is 5.32 Å². The Balaban J connectivity index is 2.55. The summed E-state index contributed by atoms with van der Waals surface area (Å²) in [4.78, 5) is 11.7. The van der Waals surface area contributed by atoms with Gasteiger partial charge in [0.05, 0.1) is 0 Å². The van der Waals surface area contributed by atoms with E-state index in [1.54, 1.807) is 13.0 Å². The van der Waals surface area contributed by atoms with Crippen molar-refractivity contribution < 1.29 is 13.9 Å². The first-order valence-electron chi connectivity index (χ1n) is 6.25. The number of aryl methyl sites for hydroxylation is 1. The molecule has 1 rings (SSSR count). The minimum atomic E-state index is -0.623. The smallest absolute Gasteiger partial charge is 0.260 e. The van der Waals surface area contributed by atoms with Crippen LogP contribution in [0.4, 0.5) is 4.39 Å². The number of amides is 1. The van der Waals surface area contributed by atoms with E-state index in [1.807, 2.05) is 6.92 Å². The number of hydrogen-bond donors (Lipinski definition) is 1. The van der Waals surface area contributed by atoms with E-state index in [2.05, 4.69) is 12.2 Å². The van der Waals surface area contributed by atoms with E-state index >= 15 is 0 Å². The molecule has 100 valence electrons. The molecule has 0 spiro atoms. The molecule has 0 aliphatic heterocycles. The number of halogens is 1. The van der Waals surface area contributed by atoms with Gasteiger partial charge in [0.2, 0.25) is 0 Å². The highest BCUT2D eigenvalue weighted by Gasteiger charge is 2.15. The third kappa shape index (κ3) is 4.35. The molecule has 0 radical (unpaired) electrons. The molecular weight excluding hydrogens is 233 g/mol. The summed E-state index contributed by atoms with van der Waals surface area (Å²) in [5, 5.41) is 2.78. The Bertz CT molecular complexity index is 407. The van der Waals surface area contributed by atoms with Crippen LogP contribution in [0.15, 0.2) is 18.2 Å². The maximum Gasteiger partial charge on any atom is 0.260 e. The Labute approximate surface area is 107 Å². The van der Waals surface area contributed by atoms with E-state index < -0.39 is 6.10 Å². The van der Waals surface area contributed by atoms with Gasteiger partial charge in [-0.25, -0.2) is 4.39 Å². The minimum absolute atomic E-state index is 0.174. The minimum Gasteiger partial charge on any atom is -0.481 e. The second kappa shape index (κ2) is 6.99. The zero-order valence-corrected chi connectivity index (χ0v) is 11.1. The molecule has 0 saturated heterocycles. The van der Waals surface area contributed by atoms with Crippen molar-refractivity contribution in [3.05, 3.63) is 29.6 Å². The van der Waals surface area contributed by atoms with Crippen molar-refractivity contribution in [3.8, 4) is 5.75 Å². The van der Waals surface area contributed by atoms with Gasteiger partial charge in [-0.2, -0.15) is 0 Å². The normalized spacial score (nSPS) is 12.0. The molecule has 3 nitrogen and oxygen atoms in total. The van der Waals surface area contributed by atoms with Gasteiger partial charge >= 0.3 is 0 Å². The van der Waals surface area contributed by atoms with Crippen molar-refractivity contribution in [2.45, 2.75) is 39.7 Å². The lowest BCUT2D eigenvalue weighted by molar-refractivity contribution is -0.127. The molecule has 1 amide bonds. The van der Waals surface area contributed by atoms with Crippen LogP contribution in [0, 0.1) is 12.7 Å². The molecule has 1 unspecified atom stereocenters. The van der Waals surface area contributed by atoms with Crippen LogP contribution in [-0.2, 0) is 4.79 Å². The topological polar surface area (TPSA) is 38.3 Å². The van der Waals surface area contributed by atoms with Gasteiger partial charge in [-0.3, -0.25) is 4.79 Å². The number of benzene rings is 1. The summed E-state index contributed by atoms with van der Waals surface area (Å²) in [7, 11) is 0. The van der Waals surface area contributed by atoms with Crippen molar-refractivity contribution >= 4 is 5.91 Å². The molecule has 0 bridgehead atoms. The van der Waals surface area contributed by atoms with E-state index in [4.69, 9.17) is 4.74 Å². The van der Waals surface area contributed by atoms with E-state index in [-0.39, 0.29) is 11.7 Å². The molecule has 0 fully saturated rings. The Hall–Kier alpha value is -1.58. The lowest BCUT2D eigenvalue weighted by Gasteiger charge is -2.16. The quantitative estimate of drug-likeness (QED) is 0.792. The molecule has 1 aromatic rings. The van der Waals surface area contributed by atoms with Crippen LogP contribution in [0.2, 0.25) is 0 Å². The first-order valence-corrected chi connectivity index (χ1v) is 6.25. The van der Waals surface area contributed by atoms with Crippen LogP contribution in [0.25, 0.3) is 0 Å². The van der Waals surface area contributed by atoms with Crippen molar-refractivity contribution in [2.24, 2.45) is 0 Å². The molecule has 0 saturated carbocycles. The first kappa shape index (κ1) is 14.5. The lowest BCUT2D eigenvalue weighted by atomic mass is 10.2. The SMILES string of the molecule is CCCCNC(=O)C(C)Oc1cc(F)ccc1C. The zero-order valence-electron chi connectivity index (χ0n) is 11.1.